The highest BCUT2D eigenvalue weighted by atomic mass is 31.2. The van der Waals surface area contributed by atoms with Crippen molar-refractivity contribution in [3.05, 3.63) is 0 Å². The van der Waals surface area contributed by atoms with Gasteiger partial charge in [0.25, 0.3) is 0 Å². The summed E-state index contributed by atoms with van der Waals surface area (Å²) in [5, 5.41) is 21.6. The molecule has 0 fully saturated rings. The van der Waals surface area contributed by atoms with Gasteiger partial charge in [-0.05, 0) is 12.8 Å². The Morgan fingerprint density at radius 3 is 1.34 bits per heavy atom. The van der Waals surface area contributed by atoms with E-state index in [0.717, 1.165) is 38.5 Å². The van der Waals surface area contributed by atoms with Gasteiger partial charge in [-0.25, -0.2) is 9.36 Å². The lowest BCUT2D eigenvalue weighted by molar-refractivity contribution is -0.147. The topological polar surface area (TPSA) is 169 Å². The van der Waals surface area contributed by atoms with E-state index in [1.165, 1.54) is 116 Å². The van der Waals surface area contributed by atoms with Crippen LogP contribution in [0.1, 0.15) is 194 Å². The summed E-state index contributed by atoms with van der Waals surface area (Å²) in [4.78, 5) is 45.4. The molecule has 0 saturated carbocycles. The maximum atomic E-state index is 12.3. The smallest absolute Gasteiger partial charge is 0.472 e. The van der Waals surface area contributed by atoms with Crippen molar-refractivity contribution in [3.63, 3.8) is 0 Å². The van der Waals surface area contributed by atoms with Crippen LogP contribution in [-0.2, 0) is 32.7 Å². The highest BCUT2D eigenvalue weighted by molar-refractivity contribution is 7.47. The van der Waals surface area contributed by atoms with Crippen molar-refractivity contribution in [1.29, 1.82) is 0 Å². The molecular weight excluding hydrogens is 661 g/mol. The third-order valence-corrected chi connectivity index (χ3v) is 9.85. The predicted molar refractivity (Wildman–Crippen MR) is 199 cm³/mol. The minimum Gasteiger partial charge on any atom is -0.480 e. The molecular formula is C38H74NO10P. The zero-order valence-corrected chi connectivity index (χ0v) is 32.6. The largest absolute Gasteiger partial charge is 0.480 e. The van der Waals surface area contributed by atoms with E-state index in [1.54, 1.807) is 0 Å². The van der Waals surface area contributed by atoms with Crippen LogP contribution in [0.15, 0.2) is 0 Å². The van der Waals surface area contributed by atoms with E-state index < -0.39 is 57.6 Å². The zero-order valence-electron chi connectivity index (χ0n) is 31.7. The number of aliphatic hydroxyl groups excluding tert-OH is 1. The van der Waals surface area contributed by atoms with Gasteiger partial charge in [0.1, 0.15) is 12.7 Å². The molecule has 1 amide bonds. The monoisotopic (exact) mass is 736 g/mol. The predicted octanol–water partition coefficient (Wildman–Crippen LogP) is 9.56. The fourth-order valence-electron chi connectivity index (χ4n) is 5.73. The number of rotatable bonds is 38. The number of carbonyl (C=O) groups is 3. The van der Waals surface area contributed by atoms with Gasteiger partial charge < -0.3 is 25.2 Å². The quantitative estimate of drug-likeness (QED) is 0.0272. The number of esters is 1. The van der Waals surface area contributed by atoms with Crippen molar-refractivity contribution in [2.45, 2.75) is 206 Å². The van der Waals surface area contributed by atoms with Gasteiger partial charge in [0, 0.05) is 12.8 Å². The standard InChI is InChI=1S/C38H74NO10P/c1-3-5-7-9-10-11-12-13-14-15-16-17-18-19-20-21-22-23-24-25-26-27-29-36(41)39-35(38(43)44)33-49-50(45,46)48-32-34(40)31-47-37(42)30-28-8-6-4-2/h34-35,40H,3-33H2,1-2H3,(H,39,41)(H,43,44)(H,45,46). The van der Waals surface area contributed by atoms with Crippen molar-refractivity contribution in [3.8, 4) is 0 Å². The number of carboxylic acids is 1. The summed E-state index contributed by atoms with van der Waals surface area (Å²) in [5.74, 6) is -2.38. The molecule has 0 aromatic carbocycles. The van der Waals surface area contributed by atoms with Gasteiger partial charge in [-0.15, -0.1) is 0 Å². The van der Waals surface area contributed by atoms with Crippen LogP contribution in [0.4, 0.5) is 0 Å². The number of carbonyl (C=O) groups excluding carboxylic acids is 2. The first kappa shape index (κ1) is 48.5. The summed E-state index contributed by atoms with van der Waals surface area (Å²) in [6.45, 7) is 2.45. The molecule has 12 heteroatoms. The van der Waals surface area contributed by atoms with Crippen LogP contribution in [0.2, 0.25) is 0 Å². The summed E-state index contributed by atoms with van der Waals surface area (Å²) in [6, 6.07) is -1.54. The van der Waals surface area contributed by atoms with Crippen molar-refractivity contribution in [2.75, 3.05) is 19.8 Å². The lowest BCUT2D eigenvalue weighted by atomic mass is 10.0. The molecule has 3 atom stereocenters. The number of aliphatic carboxylic acids is 1. The molecule has 0 aromatic rings. The Morgan fingerprint density at radius 2 is 0.920 bits per heavy atom. The van der Waals surface area contributed by atoms with Crippen molar-refractivity contribution >= 4 is 25.7 Å². The van der Waals surface area contributed by atoms with Gasteiger partial charge in [0.15, 0.2) is 6.04 Å². The number of ether oxygens (including phenoxy) is 1. The lowest BCUT2D eigenvalue weighted by Gasteiger charge is -2.18. The molecule has 3 unspecified atom stereocenters. The normalized spacial score (nSPS) is 13.8. The first-order valence-corrected chi connectivity index (χ1v) is 21.6. The van der Waals surface area contributed by atoms with Gasteiger partial charge in [-0.1, -0.05) is 168 Å². The van der Waals surface area contributed by atoms with E-state index in [-0.39, 0.29) is 12.8 Å². The molecule has 0 saturated heterocycles. The molecule has 0 radical (unpaired) electrons. The Bertz CT molecular complexity index is 875. The molecule has 0 aliphatic carbocycles. The Kier molecular flexibility index (Phi) is 33.5. The molecule has 0 heterocycles. The van der Waals surface area contributed by atoms with Crippen LogP contribution < -0.4 is 5.32 Å². The molecule has 0 rings (SSSR count). The number of phosphoric ester groups is 1. The number of hydrogen-bond acceptors (Lipinski definition) is 8. The second-order valence-corrected chi connectivity index (χ2v) is 15.3. The Labute approximate surface area is 304 Å². The molecule has 0 aliphatic rings. The van der Waals surface area contributed by atoms with Gasteiger partial charge >= 0.3 is 19.8 Å². The third-order valence-electron chi connectivity index (χ3n) is 8.90. The van der Waals surface area contributed by atoms with E-state index in [1.807, 2.05) is 0 Å². The van der Waals surface area contributed by atoms with Gasteiger partial charge in [0.2, 0.25) is 5.91 Å². The Hall–Kier alpha value is -1.52. The van der Waals surface area contributed by atoms with Gasteiger partial charge in [0.05, 0.1) is 13.2 Å². The van der Waals surface area contributed by atoms with Gasteiger partial charge in [-0.3, -0.25) is 18.6 Å². The van der Waals surface area contributed by atoms with Crippen LogP contribution in [0, 0.1) is 0 Å². The Morgan fingerprint density at radius 1 is 0.560 bits per heavy atom. The third kappa shape index (κ3) is 33.6. The zero-order chi connectivity index (χ0) is 37.1. The molecule has 0 bridgehead atoms. The van der Waals surface area contributed by atoms with E-state index in [9.17, 15) is 34.1 Å². The van der Waals surface area contributed by atoms with E-state index in [2.05, 4.69) is 19.2 Å². The number of unbranched alkanes of at least 4 members (excludes halogenated alkanes) is 24. The first-order chi connectivity index (χ1) is 24.1. The van der Waals surface area contributed by atoms with Crippen LogP contribution in [-0.4, -0.2) is 64.9 Å². The number of amides is 1. The number of hydrogen-bond donors (Lipinski definition) is 4. The van der Waals surface area contributed by atoms with Crippen LogP contribution in [0.3, 0.4) is 0 Å². The summed E-state index contributed by atoms with van der Waals surface area (Å²) >= 11 is 0. The van der Waals surface area contributed by atoms with Crippen molar-refractivity contribution in [2.24, 2.45) is 0 Å². The fourth-order valence-corrected chi connectivity index (χ4v) is 6.50. The molecule has 0 aromatic heterocycles. The number of nitrogens with one attached hydrogen (secondary N) is 1. The van der Waals surface area contributed by atoms with E-state index >= 15 is 0 Å². The summed E-state index contributed by atoms with van der Waals surface area (Å²) in [6.07, 6.45) is 30.7. The summed E-state index contributed by atoms with van der Waals surface area (Å²) < 4.78 is 26.5. The summed E-state index contributed by atoms with van der Waals surface area (Å²) in [7, 11) is -4.73. The molecule has 4 N–H and O–H groups in total. The molecule has 296 valence electrons. The molecule has 50 heavy (non-hydrogen) atoms. The lowest BCUT2D eigenvalue weighted by Crippen LogP contribution is -2.43. The number of aliphatic hydroxyl groups is 1. The highest BCUT2D eigenvalue weighted by Crippen LogP contribution is 2.43. The fraction of sp³-hybridized carbons (Fsp3) is 0.921. The van der Waals surface area contributed by atoms with Crippen molar-refractivity contribution < 1.29 is 47.8 Å². The number of phosphoric acid groups is 1. The van der Waals surface area contributed by atoms with Gasteiger partial charge in [-0.2, -0.15) is 0 Å². The SMILES string of the molecule is CCCCCCCCCCCCCCCCCCCCCCCCC(=O)NC(COP(=O)(O)OCC(O)COC(=O)CCCCCC)C(=O)O. The highest BCUT2D eigenvalue weighted by Gasteiger charge is 2.28. The van der Waals surface area contributed by atoms with Crippen LogP contribution in [0.25, 0.3) is 0 Å². The average molecular weight is 736 g/mol. The minimum absolute atomic E-state index is 0.152. The van der Waals surface area contributed by atoms with E-state index in [0.29, 0.717) is 12.8 Å². The second-order valence-electron chi connectivity index (χ2n) is 13.8. The second kappa shape index (κ2) is 34.6. The maximum absolute atomic E-state index is 12.3. The molecule has 0 aliphatic heterocycles. The van der Waals surface area contributed by atoms with Crippen LogP contribution >= 0.6 is 7.82 Å². The minimum atomic E-state index is -4.73. The van der Waals surface area contributed by atoms with Crippen LogP contribution in [0.5, 0.6) is 0 Å². The first-order valence-electron chi connectivity index (χ1n) is 20.1. The van der Waals surface area contributed by atoms with Crippen molar-refractivity contribution in [1.82, 2.24) is 5.32 Å². The number of carboxylic acid groups (broad SMARTS) is 1. The summed E-state index contributed by atoms with van der Waals surface area (Å²) in [5.41, 5.74) is 0. The molecule has 0 spiro atoms. The Balaban J connectivity index is 3.78. The maximum Gasteiger partial charge on any atom is 0.472 e. The average Bonchev–Trinajstić information content (AvgIpc) is 3.08. The van der Waals surface area contributed by atoms with E-state index in [4.69, 9.17) is 13.8 Å². The molecule has 11 nitrogen and oxygen atoms in total.